The fourth-order valence-corrected chi connectivity index (χ4v) is 2.99. The molecular weight excluding hydrogens is 362 g/mol. The molecule has 8 heteroatoms. The van der Waals surface area contributed by atoms with Gasteiger partial charge < -0.3 is 10.2 Å². The van der Waals surface area contributed by atoms with Gasteiger partial charge in [0.15, 0.2) is 0 Å². The molecule has 0 aliphatic carbocycles. The van der Waals surface area contributed by atoms with Gasteiger partial charge in [-0.15, -0.1) is 0 Å². The van der Waals surface area contributed by atoms with E-state index in [1.165, 1.54) is 6.33 Å². The zero-order valence-electron chi connectivity index (χ0n) is 12.6. The lowest BCUT2D eigenvalue weighted by molar-refractivity contribution is -0.128. The van der Waals surface area contributed by atoms with E-state index in [0.717, 1.165) is 10.2 Å². The summed E-state index contributed by atoms with van der Waals surface area (Å²) in [6.45, 7) is 3.01. The lowest BCUT2D eigenvalue weighted by Crippen LogP contribution is -2.28. The maximum absolute atomic E-state index is 12.5. The number of nitrogens with zero attached hydrogens (tertiary/aromatic N) is 4. The quantitative estimate of drug-likeness (QED) is 0.881. The first-order chi connectivity index (χ1) is 11.1. The lowest BCUT2D eigenvalue weighted by Gasteiger charge is -2.15. The van der Waals surface area contributed by atoms with Crippen LogP contribution in [0.1, 0.15) is 13.3 Å². The van der Waals surface area contributed by atoms with Crippen molar-refractivity contribution in [3.05, 3.63) is 35.3 Å². The molecule has 1 N–H and O–H groups in total. The summed E-state index contributed by atoms with van der Waals surface area (Å²) in [5.41, 5.74) is 1.34. The van der Waals surface area contributed by atoms with Gasteiger partial charge in [-0.25, -0.2) is 9.67 Å². The number of benzene rings is 1. The molecule has 0 radical (unpaired) electrons. The van der Waals surface area contributed by atoms with Crippen molar-refractivity contribution in [3.63, 3.8) is 0 Å². The molecule has 23 heavy (non-hydrogen) atoms. The number of hydrogen-bond acceptors (Lipinski definition) is 4. The highest BCUT2D eigenvalue weighted by molar-refractivity contribution is 9.10. The molecule has 7 nitrogen and oxygen atoms in total. The standard InChI is InChI=1S/C15H16BrN5O2/c1-2-20-7-10(5-14(20)22)15(23)19-12-6-11(16)3-4-13(12)21-9-17-8-18-21/h3-4,6,8-10H,2,5,7H2,1H3,(H,19,23)/t10-/m0/s1. The fourth-order valence-electron chi connectivity index (χ4n) is 2.63. The predicted molar refractivity (Wildman–Crippen MR) is 88.0 cm³/mol. The molecule has 1 atom stereocenters. The summed E-state index contributed by atoms with van der Waals surface area (Å²) < 4.78 is 2.43. The molecule has 1 aliphatic rings. The number of carbonyl (C=O) groups is 2. The molecule has 3 rings (SSSR count). The maximum Gasteiger partial charge on any atom is 0.229 e. The van der Waals surface area contributed by atoms with Crippen LogP contribution in [0.5, 0.6) is 0 Å². The Kier molecular flexibility index (Phi) is 4.42. The lowest BCUT2D eigenvalue weighted by atomic mass is 10.1. The Hall–Kier alpha value is -2.22. The van der Waals surface area contributed by atoms with Gasteiger partial charge in [0.2, 0.25) is 11.8 Å². The summed E-state index contributed by atoms with van der Waals surface area (Å²) in [7, 11) is 0. The fraction of sp³-hybridized carbons (Fsp3) is 0.333. The first kappa shape index (κ1) is 15.7. The van der Waals surface area contributed by atoms with E-state index in [9.17, 15) is 9.59 Å². The predicted octanol–water partition coefficient (Wildman–Crippen LogP) is 1.84. The Morgan fingerprint density at radius 3 is 2.96 bits per heavy atom. The first-order valence-electron chi connectivity index (χ1n) is 7.31. The summed E-state index contributed by atoms with van der Waals surface area (Å²) >= 11 is 3.40. The highest BCUT2D eigenvalue weighted by Crippen LogP contribution is 2.26. The van der Waals surface area contributed by atoms with Gasteiger partial charge in [-0.3, -0.25) is 9.59 Å². The van der Waals surface area contributed by atoms with Crippen molar-refractivity contribution in [2.45, 2.75) is 13.3 Å². The van der Waals surface area contributed by atoms with Crippen molar-refractivity contribution in [3.8, 4) is 5.69 Å². The summed E-state index contributed by atoms with van der Waals surface area (Å²) in [4.78, 5) is 29.9. The van der Waals surface area contributed by atoms with E-state index >= 15 is 0 Å². The minimum atomic E-state index is -0.329. The van der Waals surface area contributed by atoms with Crippen LogP contribution in [-0.2, 0) is 9.59 Å². The van der Waals surface area contributed by atoms with Crippen LogP contribution in [0.2, 0.25) is 0 Å². The van der Waals surface area contributed by atoms with Gasteiger partial charge in [0.25, 0.3) is 0 Å². The zero-order valence-corrected chi connectivity index (χ0v) is 14.2. The molecule has 2 heterocycles. The maximum atomic E-state index is 12.5. The highest BCUT2D eigenvalue weighted by atomic mass is 79.9. The Morgan fingerprint density at radius 2 is 2.30 bits per heavy atom. The van der Waals surface area contributed by atoms with Crippen molar-refractivity contribution in [2.24, 2.45) is 5.92 Å². The monoisotopic (exact) mass is 377 g/mol. The normalized spacial score (nSPS) is 17.6. The van der Waals surface area contributed by atoms with E-state index in [0.29, 0.717) is 18.8 Å². The number of anilines is 1. The van der Waals surface area contributed by atoms with E-state index in [1.54, 1.807) is 15.9 Å². The third-order valence-corrected chi connectivity index (χ3v) is 4.34. The van der Waals surface area contributed by atoms with Crippen LogP contribution in [-0.4, -0.2) is 44.6 Å². The minimum Gasteiger partial charge on any atom is -0.342 e. The first-order valence-corrected chi connectivity index (χ1v) is 8.11. The molecule has 1 saturated heterocycles. The number of rotatable bonds is 4. The summed E-state index contributed by atoms with van der Waals surface area (Å²) in [6, 6.07) is 5.51. The molecule has 0 unspecified atom stereocenters. The third kappa shape index (κ3) is 3.26. The number of nitrogens with one attached hydrogen (secondary N) is 1. The average molecular weight is 378 g/mol. The van der Waals surface area contributed by atoms with Gasteiger partial charge in [0.1, 0.15) is 12.7 Å². The number of likely N-dealkylation sites (tertiary alicyclic amines) is 1. The molecular formula is C15H16BrN5O2. The molecule has 1 aliphatic heterocycles. The zero-order chi connectivity index (χ0) is 16.4. The average Bonchev–Trinajstić information content (AvgIpc) is 3.16. The summed E-state index contributed by atoms with van der Waals surface area (Å²) in [5, 5.41) is 7.01. The van der Waals surface area contributed by atoms with Crippen LogP contribution in [0, 0.1) is 5.92 Å². The molecule has 120 valence electrons. The summed E-state index contributed by atoms with van der Waals surface area (Å²) in [5.74, 6) is -0.461. The topological polar surface area (TPSA) is 80.1 Å². The molecule has 1 aromatic heterocycles. The molecule has 1 aromatic carbocycles. The van der Waals surface area contributed by atoms with E-state index in [4.69, 9.17) is 0 Å². The number of amides is 2. The van der Waals surface area contributed by atoms with Crippen LogP contribution in [0.4, 0.5) is 5.69 Å². The Morgan fingerprint density at radius 1 is 1.48 bits per heavy atom. The van der Waals surface area contributed by atoms with E-state index < -0.39 is 0 Å². The van der Waals surface area contributed by atoms with E-state index in [2.05, 4.69) is 31.3 Å². The van der Waals surface area contributed by atoms with Gasteiger partial charge in [0, 0.05) is 24.0 Å². The van der Waals surface area contributed by atoms with Crippen LogP contribution in [0.15, 0.2) is 35.3 Å². The minimum absolute atomic E-state index is 0.0263. The molecule has 0 spiro atoms. The Bertz CT molecular complexity index is 731. The second-order valence-corrected chi connectivity index (χ2v) is 6.24. The Balaban J connectivity index is 1.81. The van der Waals surface area contributed by atoms with Gasteiger partial charge in [0.05, 0.1) is 17.3 Å². The number of aromatic nitrogens is 3. The molecule has 0 bridgehead atoms. The molecule has 0 saturated carbocycles. The highest BCUT2D eigenvalue weighted by Gasteiger charge is 2.33. The van der Waals surface area contributed by atoms with E-state index in [-0.39, 0.29) is 24.2 Å². The molecule has 1 fully saturated rings. The third-order valence-electron chi connectivity index (χ3n) is 3.85. The van der Waals surface area contributed by atoms with Crippen molar-refractivity contribution < 1.29 is 9.59 Å². The Labute approximate surface area is 141 Å². The van der Waals surface area contributed by atoms with Crippen molar-refractivity contribution >= 4 is 33.4 Å². The summed E-state index contributed by atoms with van der Waals surface area (Å²) in [6.07, 6.45) is 3.26. The van der Waals surface area contributed by atoms with E-state index in [1.807, 2.05) is 25.1 Å². The van der Waals surface area contributed by atoms with Gasteiger partial charge >= 0.3 is 0 Å². The van der Waals surface area contributed by atoms with Crippen molar-refractivity contribution in [1.29, 1.82) is 0 Å². The number of halogens is 1. The SMILES string of the molecule is CCN1C[C@@H](C(=O)Nc2cc(Br)ccc2-n2cncn2)CC1=O. The molecule has 2 aromatic rings. The second-order valence-electron chi connectivity index (χ2n) is 5.32. The van der Waals surface area contributed by atoms with Crippen LogP contribution >= 0.6 is 15.9 Å². The van der Waals surface area contributed by atoms with Gasteiger partial charge in [-0.2, -0.15) is 5.10 Å². The van der Waals surface area contributed by atoms with Gasteiger partial charge in [-0.05, 0) is 25.1 Å². The van der Waals surface area contributed by atoms with Crippen LogP contribution in [0.3, 0.4) is 0 Å². The smallest absolute Gasteiger partial charge is 0.229 e. The van der Waals surface area contributed by atoms with Gasteiger partial charge in [-0.1, -0.05) is 15.9 Å². The second kappa shape index (κ2) is 6.49. The number of carbonyl (C=O) groups excluding carboxylic acids is 2. The largest absolute Gasteiger partial charge is 0.342 e. The van der Waals surface area contributed by atoms with Crippen molar-refractivity contribution in [1.82, 2.24) is 19.7 Å². The molecule has 2 amide bonds. The number of hydrogen-bond donors (Lipinski definition) is 1. The van der Waals surface area contributed by atoms with Crippen molar-refractivity contribution in [2.75, 3.05) is 18.4 Å². The van der Waals surface area contributed by atoms with Crippen LogP contribution in [0.25, 0.3) is 5.69 Å². The van der Waals surface area contributed by atoms with Crippen LogP contribution < -0.4 is 5.32 Å².